The van der Waals surface area contributed by atoms with E-state index in [4.69, 9.17) is 0 Å². The van der Waals surface area contributed by atoms with Crippen molar-refractivity contribution in [1.29, 1.82) is 0 Å². The molecule has 2 aromatic rings. The summed E-state index contributed by atoms with van der Waals surface area (Å²) in [7, 11) is -1.53. The Morgan fingerprint density at radius 3 is 2.22 bits per heavy atom. The molecule has 0 saturated heterocycles. The topological polar surface area (TPSA) is 73.8 Å². The second-order valence-electron chi connectivity index (χ2n) is 5.79. The molecular formula is C19H27IN4O2S. The van der Waals surface area contributed by atoms with Gasteiger partial charge in [0, 0.05) is 26.7 Å². The summed E-state index contributed by atoms with van der Waals surface area (Å²) in [5.74, 6) is 0.746. The molecule has 27 heavy (non-hydrogen) atoms. The molecule has 0 saturated carbocycles. The lowest BCUT2D eigenvalue weighted by molar-refractivity contribution is 0.477. The van der Waals surface area contributed by atoms with Crippen LogP contribution in [0.4, 0.5) is 0 Å². The minimum atomic E-state index is -3.49. The van der Waals surface area contributed by atoms with Crippen LogP contribution in [0.25, 0.3) is 0 Å². The summed E-state index contributed by atoms with van der Waals surface area (Å²) in [5.41, 5.74) is 1.19. The summed E-state index contributed by atoms with van der Waals surface area (Å²) in [6.45, 7) is 4.07. The van der Waals surface area contributed by atoms with Crippen LogP contribution >= 0.6 is 24.0 Å². The van der Waals surface area contributed by atoms with Crippen LogP contribution in [0.2, 0.25) is 0 Å². The van der Waals surface area contributed by atoms with Gasteiger partial charge in [-0.25, -0.2) is 13.1 Å². The fourth-order valence-corrected chi connectivity index (χ4v) is 3.47. The van der Waals surface area contributed by atoms with E-state index in [0.717, 1.165) is 19.0 Å². The van der Waals surface area contributed by atoms with Crippen molar-refractivity contribution in [3.8, 4) is 0 Å². The van der Waals surface area contributed by atoms with Crippen molar-refractivity contribution < 1.29 is 8.42 Å². The number of guanidine groups is 1. The summed E-state index contributed by atoms with van der Waals surface area (Å²) in [5, 5.41) is 3.23. The highest BCUT2D eigenvalue weighted by atomic mass is 127. The minimum absolute atomic E-state index is 0. The molecular weight excluding hydrogens is 475 g/mol. The Balaban J connectivity index is 0.00000364. The molecule has 0 radical (unpaired) electrons. The number of benzene rings is 2. The average Bonchev–Trinajstić information content (AvgIpc) is 2.65. The number of halogens is 1. The van der Waals surface area contributed by atoms with E-state index in [2.05, 4.69) is 27.2 Å². The van der Waals surface area contributed by atoms with Gasteiger partial charge in [-0.2, -0.15) is 0 Å². The molecule has 0 bridgehead atoms. The Bertz CT molecular complexity index is 799. The van der Waals surface area contributed by atoms with Gasteiger partial charge in [-0.05, 0) is 24.6 Å². The molecule has 0 fully saturated rings. The third kappa shape index (κ3) is 7.86. The Kier molecular flexibility index (Phi) is 10.3. The minimum Gasteiger partial charge on any atom is -0.357 e. The van der Waals surface area contributed by atoms with Gasteiger partial charge in [0.05, 0.1) is 11.4 Å². The Morgan fingerprint density at radius 2 is 1.63 bits per heavy atom. The van der Waals surface area contributed by atoms with Crippen molar-refractivity contribution in [2.75, 3.05) is 26.7 Å². The van der Waals surface area contributed by atoms with Gasteiger partial charge in [0.1, 0.15) is 0 Å². The molecule has 0 amide bonds. The molecule has 0 aromatic heterocycles. The molecule has 0 atom stereocenters. The molecule has 2 N–H and O–H groups in total. The first-order valence-electron chi connectivity index (χ1n) is 8.61. The highest BCUT2D eigenvalue weighted by Gasteiger charge is 2.12. The number of aliphatic imine (C=N–C) groups is 1. The maximum Gasteiger partial charge on any atom is 0.240 e. The van der Waals surface area contributed by atoms with Crippen LogP contribution in [0.1, 0.15) is 12.5 Å². The zero-order valence-corrected chi connectivity index (χ0v) is 18.8. The van der Waals surface area contributed by atoms with Crippen LogP contribution in [-0.4, -0.2) is 46.0 Å². The quantitative estimate of drug-likeness (QED) is 0.252. The average molecular weight is 502 g/mol. The van der Waals surface area contributed by atoms with Gasteiger partial charge in [-0.1, -0.05) is 48.5 Å². The SMILES string of the molecule is CCNC(=NCCNS(=O)(=O)c1ccccc1)N(C)Cc1ccccc1.I. The molecule has 0 spiro atoms. The van der Waals surface area contributed by atoms with E-state index in [9.17, 15) is 8.42 Å². The molecule has 0 heterocycles. The Labute approximate surface area is 179 Å². The molecule has 2 rings (SSSR count). The van der Waals surface area contributed by atoms with Gasteiger partial charge in [-0.3, -0.25) is 4.99 Å². The number of rotatable bonds is 8. The van der Waals surface area contributed by atoms with Crippen molar-refractivity contribution >= 4 is 40.0 Å². The number of sulfonamides is 1. The third-order valence-corrected chi connectivity index (χ3v) is 5.15. The summed E-state index contributed by atoms with van der Waals surface area (Å²) < 4.78 is 27.0. The van der Waals surface area contributed by atoms with Crippen molar-refractivity contribution in [2.45, 2.75) is 18.4 Å². The zero-order valence-electron chi connectivity index (χ0n) is 15.6. The standard InChI is InChI=1S/C19H26N4O2S.HI/c1-3-20-19(23(2)16-17-10-6-4-7-11-17)21-14-15-22-26(24,25)18-12-8-5-9-13-18;/h4-13,22H,3,14-16H2,1-2H3,(H,20,21);1H. The number of hydrogen-bond acceptors (Lipinski definition) is 3. The first kappa shape index (κ1) is 23.4. The second-order valence-corrected chi connectivity index (χ2v) is 7.56. The van der Waals surface area contributed by atoms with Crippen LogP contribution in [0.5, 0.6) is 0 Å². The summed E-state index contributed by atoms with van der Waals surface area (Å²) in [6.07, 6.45) is 0. The molecule has 0 aliphatic carbocycles. The number of nitrogens with one attached hydrogen (secondary N) is 2. The molecule has 8 heteroatoms. The first-order valence-corrected chi connectivity index (χ1v) is 10.1. The molecule has 0 unspecified atom stereocenters. The predicted molar refractivity (Wildman–Crippen MR) is 121 cm³/mol. The van der Waals surface area contributed by atoms with E-state index in [1.54, 1.807) is 30.3 Å². The summed E-state index contributed by atoms with van der Waals surface area (Å²) in [4.78, 5) is 6.79. The zero-order chi connectivity index (χ0) is 18.8. The predicted octanol–water partition coefficient (Wildman–Crippen LogP) is 2.68. The lowest BCUT2D eigenvalue weighted by atomic mass is 10.2. The Morgan fingerprint density at radius 1 is 1.04 bits per heavy atom. The van der Waals surface area contributed by atoms with Crippen LogP contribution in [0.3, 0.4) is 0 Å². The van der Waals surface area contributed by atoms with E-state index >= 15 is 0 Å². The molecule has 0 aliphatic rings. The van der Waals surface area contributed by atoms with Gasteiger partial charge < -0.3 is 10.2 Å². The maximum atomic E-state index is 12.2. The highest BCUT2D eigenvalue weighted by molar-refractivity contribution is 14.0. The molecule has 6 nitrogen and oxygen atoms in total. The highest BCUT2D eigenvalue weighted by Crippen LogP contribution is 2.06. The lowest BCUT2D eigenvalue weighted by Gasteiger charge is -2.22. The monoisotopic (exact) mass is 502 g/mol. The first-order chi connectivity index (χ1) is 12.5. The fourth-order valence-electron chi connectivity index (χ4n) is 2.43. The Hall–Kier alpha value is -1.65. The summed E-state index contributed by atoms with van der Waals surface area (Å²) in [6, 6.07) is 18.5. The van der Waals surface area contributed by atoms with Gasteiger partial charge >= 0.3 is 0 Å². The fraction of sp³-hybridized carbons (Fsp3) is 0.316. The van der Waals surface area contributed by atoms with E-state index in [1.807, 2.05) is 37.1 Å². The van der Waals surface area contributed by atoms with E-state index < -0.39 is 10.0 Å². The van der Waals surface area contributed by atoms with Crippen molar-refractivity contribution in [1.82, 2.24) is 14.9 Å². The van der Waals surface area contributed by atoms with Gasteiger partial charge in [0.25, 0.3) is 0 Å². The lowest BCUT2D eigenvalue weighted by Crippen LogP contribution is -2.39. The van der Waals surface area contributed by atoms with Crippen LogP contribution in [0, 0.1) is 0 Å². The molecule has 148 valence electrons. The maximum absolute atomic E-state index is 12.2. The number of hydrogen-bond donors (Lipinski definition) is 2. The molecule has 0 aliphatic heterocycles. The van der Waals surface area contributed by atoms with E-state index in [0.29, 0.717) is 6.54 Å². The van der Waals surface area contributed by atoms with E-state index in [1.165, 1.54) is 5.56 Å². The van der Waals surface area contributed by atoms with Crippen molar-refractivity contribution in [3.05, 3.63) is 66.2 Å². The van der Waals surface area contributed by atoms with E-state index in [-0.39, 0.29) is 35.4 Å². The van der Waals surface area contributed by atoms with Crippen molar-refractivity contribution in [2.24, 2.45) is 4.99 Å². The smallest absolute Gasteiger partial charge is 0.240 e. The van der Waals surface area contributed by atoms with Gasteiger partial charge in [0.15, 0.2) is 5.96 Å². The third-order valence-electron chi connectivity index (χ3n) is 3.68. The van der Waals surface area contributed by atoms with Crippen molar-refractivity contribution in [3.63, 3.8) is 0 Å². The largest absolute Gasteiger partial charge is 0.357 e. The van der Waals surface area contributed by atoms with Gasteiger partial charge in [-0.15, -0.1) is 24.0 Å². The normalized spacial score (nSPS) is 11.6. The molecule has 2 aromatic carbocycles. The second kappa shape index (κ2) is 11.9. The van der Waals surface area contributed by atoms with Crippen LogP contribution in [0.15, 0.2) is 70.6 Å². The van der Waals surface area contributed by atoms with Crippen LogP contribution in [-0.2, 0) is 16.6 Å². The summed E-state index contributed by atoms with van der Waals surface area (Å²) >= 11 is 0. The van der Waals surface area contributed by atoms with Gasteiger partial charge in [0.2, 0.25) is 10.0 Å². The number of nitrogens with zero attached hydrogens (tertiary/aromatic N) is 2. The van der Waals surface area contributed by atoms with Crippen LogP contribution < -0.4 is 10.0 Å².